The maximum Gasteiger partial charge on any atom is 0.293 e. The Morgan fingerprint density at radius 3 is 2.64 bits per heavy atom. The van der Waals surface area contributed by atoms with E-state index < -0.39 is 0 Å². The van der Waals surface area contributed by atoms with E-state index in [-0.39, 0.29) is 11.7 Å². The molecule has 1 rings (SSSR count). The van der Waals surface area contributed by atoms with Gasteiger partial charge in [-0.25, -0.2) is 4.98 Å². The summed E-state index contributed by atoms with van der Waals surface area (Å²) < 4.78 is 0. The zero-order chi connectivity index (χ0) is 10.6. The van der Waals surface area contributed by atoms with Crippen LogP contribution in [0.1, 0.15) is 36.7 Å². The molecule has 0 atom stereocenters. The topological polar surface area (TPSA) is 61.9 Å². The van der Waals surface area contributed by atoms with Crippen molar-refractivity contribution in [2.24, 2.45) is 0 Å². The van der Waals surface area contributed by atoms with Gasteiger partial charge in [-0.05, 0) is 20.3 Å². The van der Waals surface area contributed by atoms with Crippen molar-refractivity contribution in [3.63, 3.8) is 0 Å². The van der Waals surface area contributed by atoms with Crippen molar-refractivity contribution >= 4 is 5.91 Å². The fourth-order valence-corrected chi connectivity index (χ4v) is 1.25. The zero-order valence-electron chi connectivity index (χ0n) is 8.87. The van der Waals surface area contributed by atoms with Gasteiger partial charge in [0.25, 0.3) is 5.91 Å². The maximum atomic E-state index is 11.8. The molecule has 14 heavy (non-hydrogen) atoms. The third kappa shape index (κ3) is 2.31. The van der Waals surface area contributed by atoms with E-state index in [1.807, 2.05) is 13.8 Å². The van der Waals surface area contributed by atoms with Crippen molar-refractivity contribution < 1.29 is 4.79 Å². The first kappa shape index (κ1) is 10.7. The number of carbonyl (C=O) groups excluding carboxylic acids is 1. The molecule has 0 aliphatic carbocycles. The molecule has 0 aliphatic heterocycles. The third-order valence-corrected chi connectivity index (χ3v) is 1.95. The van der Waals surface area contributed by atoms with E-state index in [1.165, 1.54) is 0 Å². The van der Waals surface area contributed by atoms with Crippen LogP contribution < -0.4 is 0 Å². The quantitative estimate of drug-likeness (QED) is 0.781. The molecule has 0 saturated carbocycles. The summed E-state index contributed by atoms with van der Waals surface area (Å²) in [4.78, 5) is 17.5. The van der Waals surface area contributed by atoms with Gasteiger partial charge in [-0.2, -0.15) is 0 Å². The molecule has 0 saturated heterocycles. The number of aromatic amines is 1. The monoisotopic (exact) mass is 196 g/mol. The number of amides is 1. The lowest BCUT2D eigenvalue weighted by Gasteiger charge is -2.17. The summed E-state index contributed by atoms with van der Waals surface area (Å²) in [6.07, 6.45) is 0.947. The highest BCUT2D eigenvalue weighted by atomic mass is 16.2. The van der Waals surface area contributed by atoms with Crippen LogP contribution in [0.2, 0.25) is 0 Å². The summed E-state index contributed by atoms with van der Waals surface area (Å²) >= 11 is 0. The first-order valence-corrected chi connectivity index (χ1v) is 4.87. The van der Waals surface area contributed by atoms with Crippen LogP contribution >= 0.6 is 0 Å². The minimum atomic E-state index is -0.0984. The van der Waals surface area contributed by atoms with Crippen LogP contribution in [-0.2, 0) is 0 Å². The highest BCUT2D eigenvalue weighted by molar-refractivity contribution is 5.90. The number of aryl methyl sites for hydroxylation is 1. The molecule has 0 radical (unpaired) electrons. The predicted octanol–water partition coefficient (Wildman–Crippen LogP) is 0.985. The van der Waals surface area contributed by atoms with Gasteiger partial charge >= 0.3 is 0 Å². The molecular weight excluding hydrogens is 180 g/mol. The Hall–Kier alpha value is -1.39. The molecule has 5 nitrogen and oxygen atoms in total. The molecular formula is C9H16N4O. The summed E-state index contributed by atoms with van der Waals surface area (Å²) in [5.41, 5.74) is 0. The van der Waals surface area contributed by atoms with Gasteiger partial charge in [0.15, 0.2) is 0 Å². The Bertz CT molecular complexity index is 308. The van der Waals surface area contributed by atoms with Crippen molar-refractivity contribution in [1.29, 1.82) is 0 Å². The van der Waals surface area contributed by atoms with E-state index in [0.717, 1.165) is 13.0 Å². The summed E-state index contributed by atoms with van der Waals surface area (Å²) in [6.45, 7) is 7.22. The van der Waals surface area contributed by atoms with Gasteiger partial charge in [0.1, 0.15) is 5.82 Å². The fourth-order valence-electron chi connectivity index (χ4n) is 1.25. The zero-order valence-corrected chi connectivity index (χ0v) is 8.87. The summed E-state index contributed by atoms with van der Waals surface area (Å²) in [6, 6.07) is 0. The van der Waals surface area contributed by atoms with Crippen LogP contribution in [-0.4, -0.2) is 39.1 Å². The molecule has 1 N–H and O–H groups in total. The Morgan fingerprint density at radius 2 is 2.21 bits per heavy atom. The first-order valence-electron chi connectivity index (χ1n) is 4.87. The maximum absolute atomic E-state index is 11.8. The standard InChI is InChI=1S/C9H16N4O/c1-4-6-13(5-2)9(14)8-10-7(3)11-12-8/h4-6H2,1-3H3,(H,10,11,12). The van der Waals surface area contributed by atoms with Crippen molar-refractivity contribution in [2.45, 2.75) is 27.2 Å². The Labute approximate surface area is 83.5 Å². The van der Waals surface area contributed by atoms with Crippen molar-refractivity contribution in [1.82, 2.24) is 20.1 Å². The number of nitrogens with one attached hydrogen (secondary N) is 1. The molecule has 5 heteroatoms. The highest BCUT2D eigenvalue weighted by Gasteiger charge is 2.17. The minimum absolute atomic E-state index is 0.0984. The normalized spacial score (nSPS) is 10.2. The largest absolute Gasteiger partial charge is 0.336 e. The number of nitrogens with zero attached hydrogens (tertiary/aromatic N) is 3. The molecule has 0 unspecified atom stereocenters. The van der Waals surface area contributed by atoms with E-state index in [2.05, 4.69) is 15.2 Å². The van der Waals surface area contributed by atoms with E-state index in [9.17, 15) is 4.79 Å². The SMILES string of the molecule is CCCN(CC)C(=O)c1n[nH]c(C)n1. The van der Waals surface area contributed by atoms with Crippen LogP contribution in [0.4, 0.5) is 0 Å². The molecule has 0 fully saturated rings. The predicted molar refractivity (Wildman–Crippen MR) is 53.0 cm³/mol. The molecule has 1 heterocycles. The lowest BCUT2D eigenvalue weighted by Crippen LogP contribution is -2.32. The summed E-state index contributed by atoms with van der Waals surface area (Å²) in [5, 5.41) is 6.50. The van der Waals surface area contributed by atoms with E-state index in [4.69, 9.17) is 0 Å². The second-order valence-electron chi connectivity index (χ2n) is 3.13. The van der Waals surface area contributed by atoms with Crippen molar-refractivity contribution in [3.05, 3.63) is 11.6 Å². The fraction of sp³-hybridized carbons (Fsp3) is 0.667. The van der Waals surface area contributed by atoms with Gasteiger partial charge in [-0.3, -0.25) is 9.89 Å². The molecule has 0 bridgehead atoms. The Morgan fingerprint density at radius 1 is 1.50 bits per heavy atom. The average Bonchev–Trinajstić information content (AvgIpc) is 2.60. The molecule has 0 spiro atoms. The molecule has 1 aromatic heterocycles. The summed E-state index contributed by atoms with van der Waals surface area (Å²) in [7, 11) is 0. The first-order chi connectivity index (χ1) is 6.69. The van der Waals surface area contributed by atoms with Crippen LogP contribution in [0.15, 0.2) is 0 Å². The van der Waals surface area contributed by atoms with Crippen molar-refractivity contribution in [2.75, 3.05) is 13.1 Å². The molecule has 0 aromatic carbocycles. The summed E-state index contributed by atoms with van der Waals surface area (Å²) in [5.74, 6) is 0.831. The van der Waals surface area contributed by atoms with Crippen LogP contribution in [0.5, 0.6) is 0 Å². The lowest BCUT2D eigenvalue weighted by atomic mass is 10.4. The van der Waals surface area contributed by atoms with Crippen LogP contribution in [0, 0.1) is 6.92 Å². The van der Waals surface area contributed by atoms with Gasteiger partial charge in [0.2, 0.25) is 5.82 Å². The lowest BCUT2D eigenvalue weighted by molar-refractivity contribution is 0.0752. The van der Waals surface area contributed by atoms with Gasteiger partial charge < -0.3 is 4.90 Å². The smallest absolute Gasteiger partial charge is 0.293 e. The molecule has 1 aromatic rings. The van der Waals surface area contributed by atoms with Crippen LogP contribution in [0.25, 0.3) is 0 Å². The number of aromatic nitrogens is 3. The molecule has 0 aliphatic rings. The van der Waals surface area contributed by atoms with Gasteiger partial charge in [0, 0.05) is 13.1 Å². The van der Waals surface area contributed by atoms with Gasteiger partial charge in [0.05, 0.1) is 0 Å². The number of hydrogen-bond donors (Lipinski definition) is 1. The molecule has 1 amide bonds. The second-order valence-corrected chi connectivity index (χ2v) is 3.13. The minimum Gasteiger partial charge on any atom is -0.336 e. The average molecular weight is 196 g/mol. The highest BCUT2D eigenvalue weighted by Crippen LogP contribution is 2.00. The Balaban J connectivity index is 2.72. The number of H-pyrrole nitrogens is 1. The van der Waals surface area contributed by atoms with E-state index >= 15 is 0 Å². The molecule has 78 valence electrons. The Kier molecular flexibility index (Phi) is 3.62. The van der Waals surface area contributed by atoms with E-state index in [1.54, 1.807) is 11.8 Å². The van der Waals surface area contributed by atoms with Gasteiger partial charge in [-0.1, -0.05) is 6.92 Å². The van der Waals surface area contributed by atoms with E-state index in [0.29, 0.717) is 12.4 Å². The second kappa shape index (κ2) is 4.74. The number of carbonyl (C=O) groups is 1. The third-order valence-electron chi connectivity index (χ3n) is 1.95. The van der Waals surface area contributed by atoms with Crippen molar-refractivity contribution in [3.8, 4) is 0 Å². The number of rotatable bonds is 4. The van der Waals surface area contributed by atoms with Gasteiger partial charge in [-0.15, -0.1) is 5.10 Å². The van der Waals surface area contributed by atoms with Crippen LogP contribution in [0.3, 0.4) is 0 Å². The number of hydrogen-bond acceptors (Lipinski definition) is 3.